The number of aromatic hydroxyl groups is 1. The SMILES string of the molecule is CC1=CC[C@H](O)C(C)(C)[C@@H]1CCCC1(O)Oc2ccc(O)cc2C1=O. The molecule has 3 rings (SSSR count). The summed E-state index contributed by atoms with van der Waals surface area (Å²) in [6.45, 7) is 6.19. The summed E-state index contributed by atoms with van der Waals surface area (Å²) in [7, 11) is 0. The first-order chi connectivity index (χ1) is 11.6. The maximum Gasteiger partial charge on any atom is 0.272 e. The van der Waals surface area contributed by atoms with Crippen LogP contribution in [0.3, 0.4) is 0 Å². The number of rotatable bonds is 4. The highest BCUT2D eigenvalue weighted by molar-refractivity contribution is 6.06. The normalized spacial score (nSPS) is 30.6. The van der Waals surface area contributed by atoms with Gasteiger partial charge in [-0.25, -0.2) is 0 Å². The third kappa shape index (κ3) is 3.07. The standard InChI is InChI=1S/C20H26O5/c1-12-6-9-17(22)19(2,3)15(12)5-4-10-20(24)18(23)14-11-13(21)7-8-16(14)25-20/h6-8,11,15,17,21-22,24H,4-5,9-10H2,1-3H3/t15-,17+,20?/m1/s1. The molecular weight excluding hydrogens is 320 g/mol. The van der Waals surface area contributed by atoms with E-state index in [4.69, 9.17) is 4.74 Å². The molecule has 0 saturated carbocycles. The van der Waals surface area contributed by atoms with E-state index < -0.39 is 11.6 Å². The van der Waals surface area contributed by atoms with Crippen molar-refractivity contribution in [2.45, 2.75) is 58.3 Å². The van der Waals surface area contributed by atoms with Gasteiger partial charge in [0, 0.05) is 6.42 Å². The van der Waals surface area contributed by atoms with Crippen LogP contribution in [0.2, 0.25) is 0 Å². The number of phenolic OH excluding ortho intramolecular Hbond substituents is 1. The van der Waals surface area contributed by atoms with Crippen molar-refractivity contribution >= 4 is 5.78 Å². The second-order valence-electron chi connectivity index (χ2n) is 7.86. The molecule has 1 unspecified atom stereocenters. The molecule has 1 aliphatic heterocycles. The van der Waals surface area contributed by atoms with Crippen molar-refractivity contribution in [1.82, 2.24) is 0 Å². The summed E-state index contributed by atoms with van der Waals surface area (Å²) >= 11 is 0. The number of fused-ring (bicyclic) bond motifs is 1. The van der Waals surface area contributed by atoms with E-state index in [0.717, 1.165) is 6.42 Å². The maximum atomic E-state index is 12.5. The van der Waals surface area contributed by atoms with E-state index in [9.17, 15) is 20.1 Å². The maximum absolute atomic E-state index is 12.5. The predicted molar refractivity (Wildman–Crippen MR) is 93.5 cm³/mol. The Kier molecular flexibility index (Phi) is 4.41. The molecule has 0 fully saturated rings. The van der Waals surface area contributed by atoms with E-state index in [2.05, 4.69) is 26.8 Å². The highest BCUT2D eigenvalue weighted by atomic mass is 16.6. The number of carbonyl (C=O) groups is 1. The molecule has 0 amide bonds. The van der Waals surface area contributed by atoms with Crippen molar-refractivity contribution < 1.29 is 24.9 Å². The highest BCUT2D eigenvalue weighted by Gasteiger charge is 2.47. The van der Waals surface area contributed by atoms with Crippen LogP contribution in [0, 0.1) is 11.3 Å². The predicted octanol–water partition coefficient (Wildman–Crippen LogP) is 3.18. The fraction of sp³-hybridized carbons (Fsp3) is 0.550. The lowest BCUT2D eigenvalue weighted by Crippen LogP contribution is -2.41. The molecule has 0 bridgehead atoms. The summed E-state index contributed by atoms with van der Waals surface area (Å²) < 4.78 is 5.48. The molecule has 5 nitrogen and oxygen atoms in total. The van der Waals surface area contributed by atoms with Gasteiger partial charge in [-0.2, -0.15) is 0 Å². The molecule has 25 heavy (non-hydrogen) atoms. The fourth-order valence-electron chi connectivity index (χ4n) is 4.10. The first kappa shape index (κ1) is 18.0. The molecule has 0 radical (unpaired) electrons. The van der Waals surface area contributed by atoms with Gasteiger partial charge in [0.15, 0.2) is 0 Å². The van der Waals surface area contributed by atoms with Gasteiger partial charge in [-0.15, -0.1) is 0 Å². The van der Waals surface area contributed by atoms with Crippen LogP contribution < -0.4 is 4.74 Å². The number of benzene rings is 1. The van der Waals surface area contributed by atoms with Gasteiger partial charge in [0.2, 0.25) is 5.78 Å². The summed E-state index contributed by atoms with van der Waals surface area (Å²) in [6.07, 6.45) is 3.88. The number of hydrogen-bond acceptors (Lipinski definition) is 5. The average molecular weight is 346 g/mol. The van der Waals surface area contributed by atoms with Crippen LogP contribution in [0.5, 0.6) is 11.5 Å². The molecule has 1 aromatic carbocycles. The number of ether oxygens (including phenoxy) is 1. The second-order valence-corrected chi connectivity index (χ2v) is 7.86. The number of ketones is 1. The summed E-state index contributed by atoms with van der Waals surface area (Å²) in [5, 5.41) is 30.4. The lowest BCUT2D eigenvalue weighted by atomic mass is 9.65. The van der Waals surface area contributed by atoms with Gasteiger partial charge in [0.05, 0.1) is 11.7 Å². The van der Waals surface area contributed by atoms with Gasteiger partial charge in [-0.05, 0) is 55.7 Å². The Balaban J connectivity index is 1.67. The molecule has 1 aromatic rings. The lowest BCUT2D eigenvalue weighted by Gasteiger charge is -2.42. The second kappa shape index (κ2) is 6.15. The number of hydrogen-bond donors (Lipinski definition) is 3. The van der Waals surface area contributed by atoms with Crippen LogP contribution in [-0.4, -0.2) is 33.0 Å². The molecule has 0 saturated heterocycles. The van der Waals surface area contributed by atoms with E-state index in [-0.39, 0.29) is 35.2 Å². The summed E-state index contributed by atoms with van der Waals surface area (Å²) in [5.74, 6) is -1.91. The minimum Gasteiger partial charge on any atom is -0.508 e. The topological polar surface area (TPSA) is 87.0 Å². The van der Waals surface area contributed by atoms with Crippen LogP contribution in [0.1, 0.15) is 56.8 Å². The zero-order valence-electron chi connectivity index (χ0n) is 15.0. The number of Topliss-reactive ketones (excluding diaryl/α,β-unsaturated/α-hetero) is 1. The van der Waals surface area contributed by atoms with Crippen molar-refractivity contribution in [2.75, 3.05) is 0 Å². The van der Waals surface area contributed by atoms with Crippen LogP contribution in [0.15, 0.2) is 29.8 Å². The smallest absolute Gasteiger partial charge is 0.272 e. The quantitative estimate of drug-likeness (QED) is 0.729. The molecule has 136 valence electrons. The monoisotopic (exact) mass is 346 g/mol. The molecule has 5 heteroatoms. The minimum atomic E-state index is -1.87. The highest BCUT2D eigenvalue weighted by Crippen LogP contribution is 2.45. The molecule has 1 heterocycles. The van der Waals surface area contributed by atoms with Crippen LogP contribution >= 0.6 is 0 Å². The Bertz CT molecular complexity index is 721. The summed E-state index contributed by atoms with van der Waals surface area (Å²) in [5.41, 5.74) is 1.22. The molecular formula is C20H26O5. The van der Waals surface area contributed by atoms with E-state index >= 15 is 0 Å². The van der Waals surface area contributed by atoms with Gasteiger partial charge in [-0.3, -0.25) is 4.79 Å². The Morgan fingerprint density at radius 3 is 2.76 bits per heavy atom. The number of phenols is 1. The first-order valence-electron chi connectivity index (χ1n) is 8.79. The van der Waals surface area contributed by atoms with Crippen LogP contribution in [0.25, 0.3) is 0 Å². The Morgan fingerprint density at radius 1 is 1.32 bits per heavy atom. The largest absolute Gasteiger partial charge is 0.508 e. The first-order valence-corrected chi connectivity index (χ1v) is 8.79. The number of aliphatic hydroxyl groups is 2. The summed E-state index contributed by atoms with van der Waals surface area (Å²) in [6, 6.07) is 4.25. The van der Waals surface area contributed by atoms with Crippen LogP contribution in [-0.2, 0) is 0 Å². The van der Waals surface area contributed by atoms with E-state index in [1.165, 1.54) is 23.8 Å². The minimum absolute atomic E-state index is 0.0290. The van der Waals surface area contributed by atoms with Crippen molar-refractivity contribution in [3.63, 3.8) is 0 Å². The zero-order chi connectivity index (χ0) is 18.4. The Labute approximate surface area is 147 Å². The fourth-order valence-corrected chi connectivity index (χ4v) is 4.10. The number of aliphatic hydroxyl groups excluding tert-OH is 1. The molecule has 3 atom stereocenters. The van der Waals surface area contributed by atoms with E-state index in [1.54, 1.807) is 0 Å². The average Bonchev–Trinajstić information content (AvgIpc) is 2.79. The number of carbonyl (C=O) groups excluding carboxylic acids is 1. The van der Waals surface area contributed by atoms with E-state index in [0.29, 0.717) is 18.6 Å². The van der Waals surface area contributed by atoms with Gasteiger partial charge in [0.1, 0.15) is 11.5 Å². The Hall–Kier alpha value is -1.85. The zero-order valence-corrected chi connectivity index (χ0v) is 15.0. The molecule has 2 aliphatic rings. The van der Waals surface area contributed by atoms with Gasteiger partial charge >= 0.3 is 0 Å². The van der Waals surface area contributed by atoms with Gasteiger partial charge in [-0.1, -0.05) is 25.5 Å². The number of allylic oxidation sites excluding steroid dienone is 1. The van der Waals surface area contributed by atoms with Crippen molar-refractivity contribution in [3.8, 4) is 11.5 Å². The van der Waals surface area contributed by atoms with Crippen molar-refractivity contribution in [1.29, 1.82) is 0 Å². The van der Waals surface area contributed by atoms with Gasteiger partial charge < -0.3 is 20.1 Å². The third-order valence-electron chi connectivity index (χ3n) is 5.82. The van der Waals surface area contributed by atoms with Gasteiger partial charge in [0.25, 0.3) is 5.79 Å². The molecule has 0 spiro atoms. The van der Waals surface area contributed by atoms with Crippen molar-refractivity contribution in [2.24, 2.45) is 11.3 Å². The van der Waals surface area contributed by atoms with Crippen LogP contribution in [0.4, 0.5) is 0 Å². The van der Waals surface area contributed by atoms with E-state index in [1.807, 2.05) is 0 Å². The van der Waals surface area contributed by atoms with Crippen molar-refractivity contribution in [3.05, 3.63) is 35.4 Å². The lowest BCUT2D eigenvalue weighted by molar-refractivity contribution is -0.0975. The molecule has 3 N–H and O–H groups in total. The Morgan fingerprint density at radius 2 is 2.04 bits per heavy atom. The molecule has 0 aromatic heterocycles. The molecule has 1 aliphatic carbocycles. The third-order valence-corrected chi connectivity index (χ3v) is 5.82. The summed E-state index contributed by atoms with van der Waals surface area (Å²) in [4.78, 5) is 12.5.